The summed E-state index contributed by atoms with van der Waals surface area (Å²) < 4.78 is 5.25. The van der Waals surface area contributed by atoms with Crippen molar-refractivity contribution >= 4 is 27.6 Å². The van der Waals surface area contributed by atoms with Gasteiger partial charge in [0.1, 0.15) is 5.65 Å². The minimum absolute atomic E-state index is 0.0605. The molecule has 2 rings (SSSR count). The Hall–Kier alpha value is -1.42. The zero-order valence-electron chi connectivity index (χ0n) is 18.2. The zero-order valence-corrected chi connectivity index (χ0v) is 20.2. The minimum atomic E-state index is -2.36. The zero-order chi connectivity index (χ0) is 20.5. The largest absolute Gasteiger partial charge is 0.344 e. The fourth-order valence-electron chi connectivity index (χ4n) is 2.85. The molecule has 0 spiro atoms. The van der Waals surface area contributed by atoms with Crippen LogP contribution in [0.1, 0.15) is 41.5 Å². The van der Waals surface area contributed by atoms with Gasteiger partial charge in [-0.15, -0.1) is 0 Å². The van der Waals surface area contributed by atoms with Crippen molar-refractivity contribution in [3.05, 3.63) is 27.2 Å². The van der Waals surface area contributed by atoms with Crippen molar-refractivity contribution in [2.45, 2.75) is 77.8 Å². The van der Waals surface area contributed by atoms with Crippen LogP contribution in [0.15, 0.2) is 15.9 Å². The van der Waals surface area contributed by atoms with Crippen molar-refractivity contribution in [3.8, 4) is 0 Å². The molecule has 0 fully saturated rings. The third-order valence-corrected chi connectivity index (χ3v) is 17.2. The number of hydrogen-bond acceptors (Lipinski definition) is 3. The molecule has 0 aliphatic rings. The first-order chi connectivity index (χ1) is 11.5. The van der Waals surface area contributed by atoms with Crippen LogP contribution in [0, 0.1) is 0 Å². The lowest BCUT2D eigenvalue weighted by Gasteiger charge is -2.39. The first-order valence-corrected chi connectivity index (χ1v) is 15.1. The van der Waals surface area contributed by atoms with Crippen LogP contribution in [-0.4, -0.2) is 34.5 Å². The van der Waals surface area contributed by atoms with Gasteiger partial charge in [-0.3, -0.25) is 13.6 Å². The maximum absolute atomic E-state index is 13.3. The predicted octanol–water partition coefficient (Wildman–Crippen LogP) is 3.60. The summed E-state index contributed by atoms with van der Waals surface area (Å²) in [7, 11) is -2.61. The smallest absolute Gasteiger partial charge is 0.324 e. The second-order valence-corrected chi connectivity index (χ2v) is 20.6. The molecule has 0 N–H and O–H groups in total. The highest BCUT2D eigenvalue weighted by Gasteiger charge is 2.43. The molecule has 0 radical (unpaired) electrons. The number of rotatable bonds is 2. The summed E-state index contributed by atoms with van der Waals surface area (Å²) in [6.07, 6.45) is 1.76. The summed E-state index contributed by atoms with van der Waals surface area (Å²) in [5.74, 6) is 0. The SMILES string of the molecule is Cn1c(=O)n([Si](C)(C)C(C)(C)C)c(=O)c2ncn([Si](C)(C)C(C)(C)C)c21. The van der Waals surface area contributed by atoms with Crippen LogP contribution < -0.4 is 11.2 Å². The summed E-state index contributed by atoms with van der Waals surface area (Å²) in [5.41, 5.74) is 0.588. The van der Waals surface area contributed by atoms with Crippen LogP contribution >= 0.6 is 0 Å². The summed E-state index contributed by atoms with van der Waals surface area (Å²) in [5, 5.41) is -0.0658. The third kappa shape index (κ3) is 2.77. The van der Waals surface area contributed by atoms with Crippen molar-refractivity contribution in [2.75, 3.05) is 0 Å². The fourth-order valence-corrected chi connectivity index (χ4v) is 6.61. The molecule has 0 aliphatic carbocycles. The van der Waals surface area contributed by atoms with Gasteiger partial charge in [-0.05, 0) is 10.1 Å². The molecule has 2 aromatic rings. The monoisotopic (exact) mass is 394 g/mol. The third-order valence-electron chi connectivity index (χ3n) is 6.78. The highest BCUT2D eigenvalue weighted by Crippen LogP contribution is 2.38. The van der Waals surface area contributed by atoms with Crippen molar-refractivity contribution in [1.29, 1.82) is 0 Å². The van der Waals surface area contributed by atoms with Gasteiger partial charge in [-0.1, -0.05) is 67.7 Å². The van der Waals surface area contributed by atoms with Crippen LogP contribution in [0.5, 0.6) is 0 Å². The molecular formula is C18H34N4O2Si2. The van der Waals surface area contributed by atoms with Gasteiger partial charge in [0.25, 0.3) is 5.56 Å². The van der Waals surface area contributed by atoms with E-state index in [0.29, 0.717) is 11.2 Å². The maximum Gasteiger partial charge on any atom is 0.324 e. The van der Waals surface area contributed by atoms with E-state index in [0.717, 1.165) is 0 Å². The average molecular weight is 395 g/mol. The number of aromatic nitrogens is 4. The number of imidazole rings is 1. The minimum Gasteiger partial charge on any atom is -0.344 e. The Morgan fingerprint density at radius 2 is 1.35 bits per heavy atom. The molecule has 0 bridgehead atoms. The number of aryl methyl sites for hydroxylation is 1. The first kappa shape index (κ1) is 20.9. The molecule has 0 aromatic carbocycles. The Morgan fingerprint density at radius 3 is 1.77 bits per heavy atom. The molecule has 8 heteroatoms. The summed E-state index contributed by atoms with van der Waals surface area (Å²) in [6.45, 7) is 21.6. The molecule has 0 saturated carbocycles. The molecule has 2 aromatic heterocycles. The van der Waals surface area contributed by atoms with E-state index in [1.807, 2.05) is 0 Å². The Bertz CT molecular complexity index is 966. The van der Waals surface area contributed by atoms with E-state index in [-0.39, 0.29) is 21.3 Å². The lowest BCUT2D eigenvalue weighted by Crippen LogP contribution is -2.58. The lowest BCUT2D eigenvalue weighted by atomic mass is 10.2. The van der Waals surface area contributed by atoms with E-state index >= 15 is 0 Å². The van der Waals surface area contributed by atoms with E-state index in [2.05, 4.69) is 76.9 Å². The van der Waals surface area contributed by atoms with Crippen molar-refractivity contribution in [1.82, 2.24) is 18.0 Å². The van der Waals surface area contributed by atoms with Gasteiger partial charge >= 0.3 is 5.69 Å². The quantitative estimate of drug-likeness (QED) is 0.731. The Morgan fingerprint density at radius 1 is 0.885 bits per heavy atom. The van der Waals surface area contributed by atoms with Gasteiger partial charge in [0.2, 0.25) is 0 Å². The Balaban J connectivity index is 2.98. The van der Waals surface area contributed by atoms with E-state index in [1.165, 1.54) is 4.23 Å². The summed E-state index contributed by atoms with van der Waals surface area (Å²) in [6, 6.07) is 0. The molecular weight excluding hydrogens is 360 g/mol. The summed E-state index contributed by atoms with van der Waals surface area (Å²) >= 11 is 0. The standard InChI is InChI=1S/C18H34N4O2Si2/c1-17(2,3)25(8,9)21-12-19-13-14(21)20(7)16(24)22(15(13)23)26(10,11)18(4,5)6/h12H,1-11H3. The van der Waals surface area contributed by atoms with E-state index < -0.39 is 16.5 Å². The van der Waals surface area contributed by atoms with Crippen LogP contribution in [-0.2, 0) is 7.05 Å². The number of nitrogens with zero attached hydrogens (tertiary/aromatic N) is 4. The van der Waals surface area contributed by atoms with Crippen LogP contribution in [0.25, 0.3) is 11.2 Å². The second kappa shape index (κ2) is 5.79. The predicted molar refractivity (Wildman–Crippen MR) is 114 cm³/mol. The van der Waals surface area contributed by atoms with Gasteiger partial charge in [-0.2, -0.15) is 0 Å². The molecule has 26 heavy (non-hydrogen) atoms. The molecule has 0 unspecified atom stereocenters. The van der Waals surface area contributed by atoms with Gasteiger partial charge in [0, 0.05) is 7.05 Å². The van der Waals surface area contributed by atoms with Gasteiger partial charge in [0.05, 0.1) is 6.33 Å². The molecule has 146 valence electrons. The van der Waals surface area contributed by atoms with Crippen molar-refractivity contribution in [3.63, 3.8) is 0 Å². The van der Waals surface area contributed by atoms with Crippen LogP contribution in [0.4, 0.5) is 0 Å². The van der Waals surface area contributed by atoms with Crippen molar-refractivity contribution in [2.24, 2.45) is 7.05 Å². The van der Waals surface area contributed by atoms with E-state index in [1.54, 1.807) is 17.9 Å². The van der Waals surface area contributed by atoms with Crippen LogP contribution in [0.3, 0.4) is 0 Å². The molecule has 0 saturated heterocycles. The lowest BCUT2D eigenvalue weighted by molar-refractivity contribution is 0.670. The molecule has 0 aliphatic heterocycles. The topological polar surface area (TPSA) is 61.8 Å². The highest BCUT2D eigenvalue weighted by molar-refractivity contribution is 6.79. The molecule has 0 atom stereocenters. The first-order valence-electron chi connectivity index (χ1n) is 9.16. The van der Waals surface area contributed by atoms with Gasteiger partial charge in [-0.25, -0.2) is 9.78 Å². The number of hydrogen-bond donors (Lipinski definition) is 0. The molecule has 0 amide bonds. The molecule has 6 nitrogen and oxygen atoms in total. The Kier molecular flexibility index (Phi) is 4.65. The van der Waals surface area contributed by atoms with E-state index in [4.69, 9.17) is 0 Å². The molecule has 2 heterocycles. The summed E-state index contributed by atoms with van der Waals surface area (Å²) in [4.78, 5) is 31.1. The average Bonchev–Trinajstić information content (AvgIpc) is 2.88. The maximum atomic E-state index is 13.3. The van der Waals surface area contributed by atoms with E-state index in [9.17, 15) is 9.59 Å². The second-order valence-electron chi connectivity index (χ2n) is 10.4. The highest BCUT2D eigenvalue weighted by atomic mass is 28.3. The fraction of sp³-hybridized carbons (Fsp3) is 0.722. The van der Waals surface area contributed by atoms with Crippen LogP contribution in [0.2, 0.25) is 36.3 Å². The van der Waals surface area contributed by atoms with Gasteiger partial charge < -0.3 is 4.23 Å². The normalized spacial score (nSPS) is 14.3. The van der Waals surface area contributed by atoms with Gasteiger partial charge in [0.15, 0.2) is 22.0 Å². The Labute approximate surface area is 158 Å². The number of fused-ring (bicyclic) bond motifs is 1. The van der Waals surface area contributed by atoms with Crippen molar-refractivity contribution < 1.29 is 0 Å².